The third kappa shape index (κ3) is 3.44. The van der Waals surface area contributed by atoms with Crippen LogP contribution in [0.15, 0.2) is 22.9 Å². The lowest BCUT2D eigenvalue weighted by Gasteiger charge is -2.23. The number of pyridine rings is 1. The normalized spacial score (nSPS) is 27.6. The van der Waals surface area contributed by atoms with Gasteiger partial charge >= 0.3 is 0 Å². The number of nitrogens with zero attached hydrogens (tertiary/aromatic N) is 2. The number of fused-ring (bicyclic) bond motifs is 2. The van der Waals surface area contributed by atoms with Crippen LogP contribution < -0.4 is 5.32 Å². The van der Waals surface area contributed by atoms with Crippen LogP contribution in [0.4, 0.5) is 0 Å². The molecule has 3 heterocycles. The molecule has 2 bridgehead atoms. The average molecular weight is 333 g/mol. The number of rotatable bonds is 2. The lowest BCUT2D eigenvalue weighted by Crippen LogP contribution is -2.34. The van der Waals surface area contributed by atoms with Gasteiger partial charge in [-0.3, -0.25) is 9.88 Å². The maximum Gasteiger partial charge on any atom is 0.0410 e. The molecule has 0 amide bonds. The molecule has 2 saturated heterocycles. The third-order valence-electron chi connectivity index (χ3n) is 3.78. The van der Waals surface area contributed by atoms with E-state index in [1.54, 1.807) is 0 Å². The Morgan fingerprint density at radius 2 is 2.11 bits per heavy atom. The van der Waals surface area contributed by atoms with Crippen molar-refractivity contribution in [1.82, 2.24) is 15.2 Å². The van der Waals surface area contributed by atoms with Crippen molar-refractivity contribution in [2.45, 2.75) is 37.9 Å². The number of aromatic nitrogens is 1. The largest absolute Gasteiger partial charge is 0.310 e. The molecule has 2 atom stereocenters. The maximum absolute atomic E-state index is 4.23. The van der Waals surface area contributed by atoms with E-state index < -0.39 is 0 Å². The average Bonchev–Trinajstić information content (AvgIpc) is 2.63. The highest BCUT2D eigenvalue weighted by atomic mass is 79.9. The van der Waals surface area contributed by atoms with Crippen molar-refractivity contribution >= 4 is 28.3 Å². The summed E-state index contributed by atoms with van der Waals surface area (Å²) in [6.07, 6.45) is 7.82. The van der Waals surface area contributed by atoms with Crippen LogP contribution in [0.25, 0.3) is 0 Å². The van der Waals surface area contributed by atoms with E-state index in [1.165, 1.54) is 37.9 Å². The molecule has 18 heavy (non-hydrogen) atoms. The maximum atomic E-state index is 4.23. The van der Waals surface area contributed by atoms with Crippen LogP contribution in [0.2, 0.25) is 0 Å². The van der Waals surface area contributed by atoms with Crippen molar-refractivity contribution in [1.29, 1.82) is 0 Å². The predicted octanol–water partition coefficient (Wildman–Crippen LogP) is 2.59. The molecule has 2 unspecified atom stereocenters. The molecule has 1 N–H and O–H groups in total. The first-order valence-electron chi connectivity index (χ1n) is 6.37. The highest BCUT2D eigenvalue weighted by molar-refractivity contribution is 9.10. The molecule has 2 aliphatic heterocycles. The van der Waals surface area contributed by atoms with Crippen LogP contribution in [-0.2, 0) is 6.54 Å². The lowest BCUT2D eigenvalue weighted by atomic mass is 10.1. The zero-order valence-electron chi connectivity index (χ0n) is 10.3. The summed E-state index contributed by atoms with van der Waals surface area (Å²) >= 11 is 3.48. The molecule has 0 aliphatic carbocycles. The number of halogens is 2. The first-order chi connectivity index (χ1) is 8.29. The predicted molar refractivity (Wildman–Crippen MR) is 79.0 cm³/mol. The van der Waals surface area contributed by atoms with Gasteiger partial charge in [-0.25, -0.2) is 0 Å². The Morgan fingerprint density at radius 3 is 2.94 bits per heavy atom. The van der Waals surface area contributed by atoms with E-state index in [0.29, 0.717) is 6.04 Å². The van der Waals surface area contributed by atoms with E-state index in [0.717, 1.165) is 17.1 Å². The fourth-order valence-corrected chi connectivity index (χ4v) is 3.37. The van der Waals surface area contributed by atoms with Crippen molar-refractivity contribution in [3.8, 4) is 0 Å². The Balaban J connectivity index is 0.00000120. The molecule has 0 aromatic carbocycles. The van der Waals surface area contributed by atoms with Gasteiger partial charge in [-0.05, 0) is 46.8 Å². The Bertz CT molecular complexity index is 402. The van der Waals surface area contributed by atoms with Gasteiger partial charge in [0, 0.05) is 48.6 Å². The van der Waals surface area contributed by atoms with Gasteiger partial charge in [0.1, 0.15) is 0 Å². The molecule has 1 aromatic rings. The van der Waals surface area contributed by atoms with Crippen molar-refractivity contribution in [3.63, 3.8) is 0 Å². The topological polar surface area (TPSA) is 28.2 Å². The van der Waals surface area contributed by atoms with Gasteiger partial charge in [-0.1, -0.05) is 0 Å². The molecule has 2 fully saturated rings. The second-order valence-corrected chi connectivity index (χ2v) is 6.09. The smallest absolute Gasteiger partial charge is 0.0410 e. The first-order valence-corrected chi connectivity index (χ1v) is 7.17. The minimum absolute atomic E-state index is 0. The highest BCUT2D eigenvalue weighted by Crippen LogP contribution is 2.21. The molecule has 2 aliphatic rings. The number of hydrogen-bond donors (Lipinski definition) is 1. The van der Waals surface area contributed by atoms with E-state index in [4.69, 9.17) is 0 Å². The Labute approximate surface area is 123 Å². The third-order valence-corrected chi connectivity index (χ3v) is 4.21. The van der Waals surface area contributed by atoms with Crippen LogP contribution in [0.5, 0.6) is 0 Å². The van der Waals surface area contributed by atoms with Crippen molar-refractivity contribution in [3.05, 3.63) is 28.5 Å². The Hall–Kier alpha value is -0.160. The summed E-state index contributed by atoms with van der Waals surface area (Å²) in [4.78, 5) is 6.79. The zero-order valence-corrected chi connectivity index (χ0v) is 12.7. The molecule has 0 radical (unpaired) electrons. The lowest BCUT2D eigenvalue weighted by molar-refractivity contribution is 0.250. The Morgan fingerprint density at radius 1 is 1.28 bits per heavy atom. The van der Waals surface area contributed by atoms with E-state index >= 15 is 0 Å². The Kier molecular flexibility index (Phi) is 5.01. The number of likely N-dealkylation sites (tertiary alicyclic amines) is 1. The number of hydrogen-bond acceptors (Lipinski definition) is 3. The van der Waals surface area contributed by atoms with E-state index in [-0.39, 0.29) is 12.4 Å². The van der Waals surface area contributed by atoms with Crippen LogP contribution in [0.3, 0.4) is 0 Å². The van der Waals surface area contributed by atoms with Gasteiger partial charge in [0.25, 0.3) is 0 Å². The van der Waals surface area contributed by atoms with Gasteiger partial charge in [0.05, 0.1) is 0 Å². The van der Waals surface area contributed by atoms with Crippen LogP contribution in [0, 0.1) is 0 Å². The van der Waals surface area contributed by atoms with E-state index in [1.807, 2.05) is 12.4 Å². The van der Waals surface area contributed by atoms with E-state index in [2.05, 4.69) is 37.2 Å². The summed E-state index contributed by atoms with van der Waals surface area (Å²) in [5, 5.41) is 3.71. The minimum atomic E-state index is 0. The summed E-state index contributed by atoms with van der Waals surface area (Å²) in [6, 6.07) is 3.65. The van der Waals surface area contributed by atoms with Gasteiger partial charge in [0.2, 0.25) is 0 Å². The van der Waals surface area contributed by atoms with Gasteiger partial charge in [0.15, 0.2) is 0 Å². The van der Waals surface area contributed by atoms with Crippen LogP contribution >= 0.6 is 28.3 Å². The second-order valence-electron chi connectivity index (χ2n) is 5.17. The second kappa shape index (κ2) is 6.33. The van der Waals surface area contributed by atoms with Crippen LogP contribution in [0.1, 0.15) is 24.8 Å². The van der Waals surface area contributed by atoms with Crippen molar-refractivity contribution in [2.75, 3.05) is 13.1 Å². The molecule has 3 rings (SSSR count). The highest BCUT2D eigenvalue weighted by Gasteiger charge is 2.28. The summed E-state index contributed by atoms with van der Waals surface area (Å²) in [5.41, 5.74) is 1.30. The molecule has 1 aromatic heterocycles. The standard InChI is InChI=1S/C13H18BrN3.ClH/c14-11-5-10(6-15-7-11)8-17-4-3-12-1-2-13(9-17)16-12;/h5-7,12-13,16H,1-4,8-9H2;1H. The quantitative estimate of drug-likeness (QED) is 0.902. The summed E-state index contributed by atoms with van der Waals surface area (Å²) < 4.78 is 1.07. The minimum Gasteiger partial charge on any atom is -0.310 e. The SMILES string of the molecule is Brc1cncc(CN2CCC3CCC(C2)N3)c1.Cl. The van der Waals surface area contributed by atoms with E-state index in [9.17, 15) is 0 Å². The van der Waals surface area contributed by atoms with Gasteiger partial charge in [-0.2, -0.15) is 0 Å². The molecular formula is C13H19BrClN3. The van der Waals surface area contributed by atoms with Crippen LogP contribution in [-0.4, -0.2) is 35.1 Å². The monoisotopic (exact) mass is 331 g/mol. The molecule has 3 nitrogen and oxygen atoms in total. The van der Waals surface area contributed by atoms with Gasteiger partial charge in [-0.15, -0.1) is 12.4 Å². The zero-order chi connectivity index (χ0) is 11.7. The molecule has 0 saturated carbocycles. The van der Waals surface area contributed by atoms with Crippen molar-refractivity contribution in [2.24, 2.45) is 0 Å². The summed E-state index contributed by atoms with van der Waals surface area (Å²) in [5.74, 6) is 0. The fraction of sp³-hybridized carbons (Fsp3) is 0.615. The van der Waals surface area contributed by atoms with Crippen molar-refractivity contribution < 1.29 is 0 Å². The molecule has 5 heteroatoms. The summed E-state index contributed by atoms with van der Waals surface area (Å²) in [6.45, 7) is 3.42. The molecule has 0 spiro atoms. The molecular weight excluding hydrogens is 314 g/mol. The molecule has 100 valence electrons. The first kappa shape index (κ1) is 14.3. The number of nitrogens with one attached hydrogen (secondary N) is 1. The fourth-order valence-electron chi connectivity index (χ4n) is 2.96. The van der Waals surface area contributed by atoms with Gasteiger partial charge < -0.3 is 5.32 Å². The summed E-state index contributed by atoms with van der Waals surface area (Å²) in [7, 11) is 0.